The van der Waals surface area contributed by atoms with Gasteiger partial charge in [0, 0.05) is 62.9 Å². The molecule has 2 rings (SSSR count). The van der Waals surface area contributed by atoms with Crippen molar-refractivity contribution in [2.24, 2.45) is 10.9 Å². The fourth-order valence-electron chi connectivity index (χ4n) is 3.49. The summed E-state index contributed by atoms with van der Waals surface area (Å²) in [5, 5.41) is 8.26. The molecule has 0 spiro atoms. The summed E-state index contributed by atoms with van der Waals surface area (Å²) in [6.45, 7) is 13.4. The molecule has 0 saturated carbocycles. The third-order valence-corrected chi connectivity index (χ3v) is 5.84. The van der Waals surface area contributed by atoms with E-state index in [1.807, 2.05) is 19.2 Å². The van der Waals surface area contributed by atoms with Crippen LogP contribution in [-0.4, -0.2) is 75.2 Å². The van der Waals surface area contributed by atoms with E-state index in [4.69, 9.17) is 23.2 Å². The minimum absolute atomic E-state index is 0. The molecule has 1 atom stereocenters. The van der Waals surface area contributed by atoms with Crippen LogP contribution in [0.1, 0.15) is 25.8 Å². The van der Waals surface area contributed by atoms with Crippen LogP contribution in [0.25, 0.3) is 0 Å². The van der Waals surface area contributed by atoms with Crippen molar-refractivity contribution in [3.63, 3.8) is 0 Å². The molecule has 29 heavy (non-hydrogen) atoms. The molecule has 1 aromatic carbocycles. The monoisotopic (exact) mass is 555 g/mol. The highest BCUT2D eigenvalue weighted by molar-refractivity contribution is 14.0. The average Bonchev–Trinajstić information content (AvgIpc) is 2.69. The number of rotatable bonds is 9. The van der Waals surface area contributed by atoms with E-state index in [0.29, 0.717) is 10.9 Å². The molecule has 1 heterocycles. The molecule has 0 amide bonds. The van der Waals surface area contributed by atoms with Crippen molar-refractivity contribution < 1.29 is 0 Å². The van der Waals surface area contributed by atoms with E-state index in [0.717, 1.165) is 55.6 Å². The molecule has 1 saturated heterocycles. The Balaban J connectivity index is 0.00000420. The molecule has 0 radical (unpaired) electrons. The first-order chi connectivity index (χ1) is 13.5. The third kappa shape index (κ3) is 10.0. The normalized spacial score (nSPS) is 16.9. The number of aryl methyl sites for hydroxylation is 1. The number of aliphatic imine (C=N–C) groups is 1. The largest absolute Gasteiger partial charge is 0.356 e. The van der Waals surface area contributed by atoms with Crippen molar-refractivity contribution in [1.82, 2.24) is 20.4 Å². The summed E-state index contributed by atoms with van der Waals surface area (Å²) < 4.78 is 0. The smallest absolute Gasteiger partial charge is 0.190 e. The minimum atomic E-state index is 0. The molecule has 2 N–H and O–H groups in total. The number of nitrogens with one attached hydrogen (secondary N) is 2. The summed E-state index contributed by atoms with van der Waals surface area (Å²) in [7, 11) is 1.82. The van der Waals surface area contributed by atoms with Crippen LogP contribution in [0.4, 0.5) is 0 Å². The van der Waals surface area contributed by atoms with Gasteiger partial charge in [0.1, 0.15) is 0 Å². The average molecular weight is 556 g/mol. The van der Waals surface area contributed by atoms with Gasteiger partial charge >= 0.3 is 0 Å². The summed E-state index contributed by atoms with van der Waals surface area (Å²) >= 11 is 12.2. The molecule has 1 aliphatic rings. The Morgan fingerprint density at radius 2 is 1.83 bits per heavy atom. The zero-order valence-corrected chi connectivity index (χ0v) is 21.7. The van der Waals surface area contributed by atoms with Crippen molar-refractivity contribution >= 4 is 53.1 Å². The van der Waals surface area contributed by atoms with E-state index in [2.05, 4.69) is 39.3 Å². The van der Waals surface area contributed by atoms with E-state index in [-0.39, 0.29) is 24.0 Å². The van der Waals surface area contributed by atoms with Crippen LogP contribution in [0.2, 0.25) is 10.0 Å². The summed E-state index contributed by atoms with van der Waals surface area (Å²) in [6.07, 6.45) is 1.90. The fourth-order valence-corrected chi connectivity index (χ4v) is 4.00. The van der Waals surface area contributed by atoms with Crippen LogP contribution < -0.4 is 10.6 Å². The van der Waals surface area contributed by atoms with Crippen LogP contribution in [0.5, 0.6) is 0 Å². The Kier molecular flexibility index (Phi) is 13.5. The van der Waals surface area contributed by atoms with Gasteiger partial charge in [-0.1, -0.05) is 43.1 Å². The second-order valence-electron chi connectivity index (χ2n) is 7.56. The first-order valence-corrected chi connectivity index (χ1v) is 11.1. The van der Waals surface area contributed by atoms with Gasteiger partial charge in [-0.3, -0.25) is 4.99 Å². The Labute approximate surface area is 203 Å². The third-order valence-electron chi connectivity index (χ3n) is 5.25. The highest BCUT2D eigenvalue weighted by Gasteiger charge is 2.17. The standard InChI is InChI=1S/C21H35Cl2N5.HI/c1-4-27-10-12-28(13-11-27)16-17(2)15-26-21(24-3)25-9-5-6-18-7-8-19(22)14-20(18)23;/h7-8,14,17H,4-6,9-13,15-16H2,1-3H3,(H2,24,25,26);1H. The van der Waals surface area contributed by atoms with Gasteiger partial charge in [0.2, 0.25) is 0 Å². The molecule has 0 aromatic heterocycles. The van der Waals surface area contributed by atoms with Crippen molar-refractivity contribution in [2.45, 2.75) is 26.7 Å². The first kappa shape index (κ1) is 26.8. The van der Waals surface area contributed by atoms with Crippen molar-refractivity contribution in [3.05, 3.63) is 33.8 Å². The Morgan fingerprint density at radius 1 is 1.14 bits per heavy atom. The molecule has 5 nitrogen and oxygen atoms in total. The molecule has 1 unspecified atom stereocenters. The van der Waals surface area contributed by atoms with Crippen molar-refractivity contribution in [1.29, 1.82) is 0 Å². The number of piperazine rings is 1. The molecular weight excluding hydrogens is 520 g/mol. The number of nitrogens with zero attached hydrogens (tertiary/aromatic N) is 3. The fraction of sp³-hybridized carbons (Fsp3) is 0.667. The number of hydrogen-bond donors (Lipinski definition) is 2. The van der Waals surface area contributed by atoms with Crippen LogP contribution in [-0.2, 0) is 6.42 Å². The van der Waals surface area contributed by atoms with Gasteiger partial charge < -0.3 is 20.4 Å². The molecule has 166 valence electrons. The summed E-state index contributed by atoms with van der Waals surface area (Å²) in [6, 6.07) is 5.69. The number of hydrogen-bond acceptors (Lipinski definition) is 3. The van der Waals surface area contributed by atoms with Gasteiger partial charge in [-0.2, -0.15) is 0 Å². The SMILES string of the molecule is CCN1CCN(CC(C)CNC(=NC)NCCCc2ccc(Cl)cc2Cl)CC1.I. The predicted octanol–water partition coefficient (Wildman–Crippen LogP) is 3.98. The Bertz CT molecular complexity index is 621. The van der Waals surface area contributed by atoms with E-state index in [1.165, 1.54) is 26.2 Å². The van der Waals surface area contributed by atoms with E-state index >= 15 is 0 Å². The highest BCUT2D eigenvalue weighted by atomic mass is 127. The lowest BCUT2D eigenvalue weighted by atomic mass is 10.1. The number of benzene rings is 1. The predicted molar refractivity (Wildman–Crippen MR) is 137 cm³/mol. The second kappa shape index (κ2) is 14.7. The van der Waals surface area contributed by atoms with Crippen molar-refractivity contribution in [3.8, 4) is 0 Å². The Hall–Kier alpha value is -0.280. The molecule has 1 aromatic rings. The van der Waals surface area contributed by atoms with E-state index in [1.54, 1.807) is 6.07 Å². The molecular formula is C21H36Cl2IN5. The van der Waals surface area contributed by atoms with Gasteiger partial charge in [-0.05, 0) is 43.0 Å². The van der Waals surface area contributed by atoms with Crippen LogP contribution in [0.3, 0.4) is 0 Å². The van der Waals surface area contributed by atoms with Gasteiger partial charge in [0.05, 0.1) is 0 Å². The number of likely N-dealkylation sites (N-methyl/N-ethyl adjacent to an activating group) is 1. The summed E-state index contributed by atoms with van der Waals surface area (Å²) in [5.41, 5.74) is 1.13. The lowest BCUT2D eigenvalue weighted by Crippen LogP contribution is -2.48. The topological polar surface area (TPSA) is 42.9 Å². The van der Waals surface area contributed by atoms with Gasteiger partial charge in [0.15, 0.2) is 5.96 Å². The van der Waals surface area contributed by atoms with Crippen molar-refractivity contribution in [2.75, 3.05) is 59.4 Å². The summed E-state index contributed by atoms with van der Waals surface area (Å²) in [4.78, 5) is 9.42. The lowest BCUT2D eigenvalue weighted by molar-refractivity contribution is 0.124. The minimum Gasteiger partial charge on any atom is -0.356 e. The quantitative estimate of drug-likeness (QED) is 0.209. The van der Waals surface area contributed by atoms with Crippen LogP contribution in [0, 0.1) is 5.92 Å². The lowest BCUT2D eigenvalue weighted by Gasteiger charge is -2.35. The molecule has 1 aliphatic heterocycles. The molecule has 1 fully saturated rings. The highest BCUT2D eigenvalue weighted by Crippen LogP contribution is 2.21. The van der Waals surface area contributed by atoms with Gasteiger partial charge in [-0.25, -0.2) is 0 Å². The first-order valence-electron chi connectivity index (χ1n) is 10.3. The second-order valence-corrected chi connectivity index (χ2v) is 8.40. The van der Waals surface area contributed by atoms with E-state index < -0.39 is 0 Å². The molecule has 0 aliphatic carbocycles. The molecule has 8 heteroatoms. The van der Waals surface area contributed by atoms with Crippen LogP contribution >= 0.6 is 47.2 Å². The van der Waals surface area contributed by atoms with Gasteiger partial charge in [-0.15, -0.1) is 24.0 Å². The maximum absolute atomic E-state index is 6.23. The number of halogens is 3. The zero-order chi connectivity index (χ0) is 20.4. The van der Waals surface area contributed by atoms with E-state index in [9.17, 15) is 0 Å². The van der Waals surface area contributed by atoms with Gasteiger partial charge in [0.25, 0.3) is 0 Å². The maximum atomic E-state index is 6.23. The zero-order valence-electron chi connectivity index (χ0n) is 17.9. The molecule has 0 bridgehead atoms. The maximum Gasteiger partial charge on any atom is 0.190 e. The Morgan fingerprint density at radius 3 is 2.45 bits per heavy atom. The summed E-state index contributed by atoms with van der Waals surface area (Å²) in [5.74, 6) is 1.45. The number of guanidine groups is 1. The van der Waals surface area contributed by atoms with Crippen LogP contribution in [0.15, 0.2) is 23.2 Å².